The van der Waals surface area contributed by atoms with Crippen LogP contribution in [0.4, 0.5) is 14.6 Å². The van der Waals surface area contributed by atoms with Crippen molar-refractivity contribution in [1.29, 1.82) is 0 Å². The van der Waals surface area contributed by atoms with Crippen LogP contribution in [0.25, 0.3) is 28.0 Å². The summed E-state index contributed by atoms with van der Waals surface area (Å²) in [7, 11) is -3.99. The normalized spacial score (nSPS) is 17.2. The van der Waals surface area contributed by atoms with E-state index in [9.17, 15) is 27.5 Å². The number of carbonyl (C=O) groups excluding carboxylic acids is 1. The Labute approximate surface area is 251 Å². The van der Waals surface area contributed by atoms with E-state index in [0.29, 0.717) is 5.56 Å². The summed E-state index contributed by atoms with van der Waals surface area (Å²) in [6, 6.07) is 5.75. The molecule has 4 aromatic rings. The van der Waals surface area contributed by atoms with Crippen molar-refractivity contribution in [3.8, 4) is 22.7 Å². The van der Waals surface area contributed by atoms with Gasteiger partial charge in [0.05, 0.1) is 16.6 Å². The Bertz CT molecular complexity index is 2010. The van der Waals surface area contributed by atoms with Crippen molar-refractivity contribution in [2.45, 2.75) is 36.8 Å². The number of pyridine rings is 2. The van der Waals surface area contributed by atoms with E-state index in [1.165, 1.54) is 24.4 Å². The molecule has 3 aromatic heterocycles. The lowest BCUT2D eigenvalue weighted by Crippen LogP contribution is -2.54. The molecule has 1 N–H and O–H groups in total. The molecule has 1 atom stereocenters. The molecule has 0 spiro atoms. The van der Waals surface area contributed by atoms with Crippen molar-refractivity contribution < 1.29 is 27.1 Å². The molecule has 11 nitrogen and oxygen atoms in total. The molecule has 0 unspecified atom stereocenters. The molecule has 0 bridgehead atoms. The Hall–Kier alpha value is -4.72. The summed E-state index contributed by atoms with van der Waals surface area (Å²) < 4.78 is 57.8. The molecule has 44 heavy (non-hydrogen) atoms. The Morgan fingerprint density at radius 2 is 1.89 bits per heavy atom. The second-order valence-corrected chi connectivity index (χ2v) is 12.9. The quantitative estimate of drug-likeness (QED) is 0.321. The van der Waals surface area contributed by atoms with Crippen LogP contribution in [-0.4, -0.2) is 75.8 Å². The predicted molar refractivity (Wildman–Crippen MR) is 159 cm³/mol. The molecule has 228 valence electrons. The minimum absolute atomic E-state index is 0.0436. The van der Waals surface area contributed by atoms with Gasteiger partial charge in [0.2, 0.25) is 5.91 Å². The third kappa shape index (κ3) is 4.98. The summed E-state index contributed by atoms with van der Waals surface area (Å²) in [5.74, 6) is -2.78. The van der Waals surface area contributed by atoms with Gasteiger partial charge in [0, 0.05) is 38.1 Å². The first-order valence-electron chi connectivity index (χ1n) is 13.9. The molecule has 1 aliphatic heterocycles. The monoisotopic (exact) mass is 622 g/mol. The number of amides is 1. The van der Waals surface area contributed by atoms with Crippen LogP contribution >= 0.6 is 0 Å². The number of hydrogen-bond acceptors (Lipinski definition) is 9. The van der Waals surface area contributed by atoms with Gasteiger partial charge in [0.15, 0.2) is 26.3 Å². The van der Waals surface area contributed by atoms with Crippen LogP contribution < -0.4 is 10.6 Å². The summed E-state index contributed by atoms with van der Waals surface area (Å²) in [6.07, 6.45) is 5.03. The van der Waals surface area contributed by atoms with Crippen LogP contribution in [-0.2, 0) is 14.6 Å². The van der Waals surface area contributed by atoms with Crippen LogP contribution in [0.1, 0.15) is 31.2 Å². The van der Waals surface area contributed by atoms with Gasteiger partial charge in [-0.05, 0) is 61.6 Å². The highest BCUT2D eigenvalue weighted by atomic mass is 32.2. The lowest BCUT2D eigenvalue weighted by atomic mass is 10.1. The van der Waals surface area contributed by atoms with Gasteiger partial charge in [0.1, 0.15) is 23.1 Å². The van der Waals surface area contributed by atoms with E-state index in [1.807, 2.05) is 6.92 Å². The second-order valence-electron chi connectivity index (χ2n) is 11.0. The summed E-state index contributed by atoms with van der Waals surface area (Å²) >= 11 is 0. The molecule has 1 amide bonds. The minimum Gasteiger partial charge on any atom is -0.507 e. The van der Waals surface area contributed by atoms with Crippen molar-refractivity contribution in [1.82, 2.24) is 24.4 Å². The maximum absolute atomic E-state index is 15.9. The number of hydrogen-bond donors (Lipinski definition) is 1. The fraction of sp³-hybridized carbons (Fsp3) is 0.300. The van der Waals surface area contributed by atoms with E-state index >= 15 is 4.39 Å². The number of anilines is 1. The molecule has 6 rings (SSSR count). The molecule has 2 aliphatic rings. The van der Waals surface area contributed by atoms with E-state index in [4.69, 9.17) is 0 Å². The zero-order valence-corrected chi connectivity index (χ0v) is 24.7. The number of fused-ring (bicyclic) bond motifs is 1. The van der Waals surface area contributed by atoms with Gasteiger partial charge in [-0.2, -0.15) is 4.98 Å². The van der Waals surface area contributed by atoms with E-state index < -0.39 is 44.2 Å². The van der Waals surface area contributed by atoms with Crippen LogP contribution in [0, 0.1) is 11.6 Å². The van der Waals surface area contributed by atoms with E-state index in [1.54, 1.807) is 15.9 Å². The lowest BCUT2D eigenvalue weighted by Gasteiger charge is -2.40. The third-order valence-electron chi connectivity index (χ3n) is 7.93. The number of piperazine rings is 1. The molecule has 2 fully saturated rings. The van der Waals surface area contributed by atoms with E-state index in [2.05, 4.69) is 21.5 Å². The SMILES string of the molecule is C=CC(=O)N1CCN(c2nc(=O)n(-c3c(C4CC4)ccnc3S(C)(=O)=O)c3nc(-c4c(O)cccc4F)c(F)cc23)[C@@H](C)C1. The first-order chi connectivity index (χ1) is 20.9. The van der Waals surface area contributed by atoms with Gasteiger partial charge in [0.25, 0.3) is 0 Å². The smallest absolute Gasteiger partial charge is 0.355 e. The number of rotatable bonds is 6. The number of nitrogens with zero attached hydrogens (tertiary/aromatic N) is 6. The van der Waals surface area contributed by atoms with E-state index in [0.717, 1.165) is 35.8 Å². The number of phenolic OH excluding ortho intramolecular Hbond substituents is 1. The summed E-state index contributed by atoms with van der Waals surface area (Å²) in [6.45, 7) is 6.11. The fourth-order valence-electron chi connectivity index (χ4n) is 5.72. The Balaban J connectivity index is 1.69. The topological polar surface area (TPSA) is 139 Å². The van der Waals surface area contributed by atoms with Crippen molar-refractivity contribution in [2.24, 2.45) is 0 Å². The van der Waals surface area contributed by atoms with Crippen molar-refractivity contribution >= 4 is 32.6 Å². The first-order valence-corrected chi connectivity index (χ1v) is 15.8. The standard InChI is InChI=1S/C30H28F2N6O5S/c1-4-23(40)36-12-13-37(16(2)15-36)27-19-14-21(32)25(24-20(31)6-5-7-22(24)39)34-28(19)38(30(41)35-27)26-18(17-8-9-17)10-11-33-29(26)44(3,42)43/h4-7,10-11,14,16-17,39H,1,8-9,12-13,15H2,2-3H3/t16-/m0/s1. The highest BCUT2D eigenvalue weighted by Crippen LogP contribution is 2.44. The summed E-state index contributed by atoms with van der Waals surface area (Å²) in [4.78, 5) is 42.4. The number of aromatic hydroxyl groups is 1. The molecule has 14 heteroatoms. The average Bonchev–Trinajstić information content (AvgIpc) is 3.82. The van der Waals surface area contributed by atoms with Crippen molar-refractivity contribution in [2.75, 3.05) is 30.8 Å². The number of phenols is 1. The van der Waals surface area contributed by atoms with Gasteiger partial charge in [-0.3, -0.25) is 4.79 Å². The first kappa shape index (κ1) is 29.4. The molecule has 1 aromatic carbocycles. The molecular weight excluding hydrogens is 594 g/mol. The molecular formula is C30H28F2N6O5S. The lowest BCUT2D eigenvalue weighted by molar-refractivity contribution is -0.126. The zero-order chi connectivity index (χ0) is 31.5. The van der Waals surface area contributed by atoms with E-state index in [-0.39, 0.29) is 65.1 Å². The molecule has 1 saturated heterocycles. The van der Waals surface area contributed by atoms with Crippen molar-refractivity contribution in [3.05, 3.63) is 76.9 Å². The predicted octanol–water partition coefficient (Wildman–Crippen LogP) is 3.33. The summed E-state index contributed by atoms with van der Waals surface area (Å²) in [5.41, 5.74) is -1.73. The molecule has 1 aliphatic carbocycles. The number of benzene rings is 1. The van der Waals surface area contributed by atoms with Crippen LogP contribution in [0.3, 0.4) is 0 Å². The highest BCUT2D eigenvalue weighted by Gasteiger charge is 2.34. The molecule has 0 radical (unpaired) electrons. The zero-order valence-electron chi connectivity index (χ0n) is 23.9. The average molecular weight is 623 g/mol. The van der Waals surface area contributed by atoms with Crippen molar-refractivity contribution in [3.63, 3.8) is 0 Å². The van der Waals surface area contributed by atoms with Gasteiger partial charge < -0.3 is 14.9 Å². The van der Waals surface area contributed by atoms with Gasteiger partial charge >= 0.3 is 5.69 Å². The Morgan fingerprint density at radius 3 is 2.52 bits per heavy atom. The molecule has 1 saturated carbocycles. The van der Waals surface area contributed by atoms with Gasteiger partial charge in [-0.25, -0.2) is 36.5 Å². The van der Waals surface area contributed by atoms with Gasteiger partial charge in [-0.15, -0.1) is 0 Å². The highest BCUT2D eigenvalue weighted by molar-refractivity contribution is 7.90. The number of aromatic nitrogens is 4. The Morgan fingerprint density at radius 1 is 1.14 bits per heavy atom. The molecule has 4 heterocycles. The van der Waals surface area contributed by atoms with Crippen LogP contribution in [0.15, 0.2) is 59.0 Å². The maximum atomic E-state index is 15.9. The maximum Gasteiger partial charge on any atom is 0.355 e. The largest absolute Gasteiger partial charge is 0.507 e. The van der Waals surface area contributed by atoms with Gasteiger partial charge in [-0.1, -0.05) is 12.6 Å². The number of halogens is 2. The van der Waals surface area contributed by atoms with Crippen LogP contribution in [0.2, 0.25) is 0 Å². The minimum atomic E-state index is -3.99. The Kier molecular flexibility index (Phi) is 7.19. The number of carbonyl (C=O) groups is 1. The number of sulfone groups is 1. The summed E-state index contributed by atoms with van der Waals surface area (Å²) in [5, 5.41) is 10.1. The second kappa shape index (κ2) is 10.8. The third-order valence-corrected chi connectivity index (χ3v) is 8.93. The fourth-order valence-corrected chi connectivity index (χ4v) is 6.53. The van der Waals surface area contributed by atoms with Crippen LogP contribution in [0.5, 0.6) is 5.75 Å².